The van der Waals surface area contributed by atoms with E-state index in [1.807, 2.05) is 5.38 Å². The Labute approximate surface area is 100 Å². The number of hydrogen-bond acceptors (Lipinski definition) is 5. The van der Waals surface area contributed by atoms with Crippen molar-refractivity contribution in [2.24, 2.45) is 0 Å². The van der Waals surface area contributed by atoms with Crippen LogP contribution in [0.3, 0.4) is 0 Å². The topological polar surface area (TPSA) is 60.2 Å². The van der Waals surface area contributed by atoms with Crippen LogP contribution in [-0.4, -0.2) is 30.3 Å². The predicted molar refractivity (Wildman–Crippen MR) is 66.7 cm³/mol. The van der Waals surface area contributed by atoms with Crippen molar-refractivity contribution < 1.29 is 4.74 Å². The molecule has 1 atom stereocenters. The lowest BCUT2D eigenvalue weighted by Crippen LogP contribution is -2.49. The zero-order valence-electron chi connectivity index (χ0n) is 9.66. The summed E-state index contributed by atoms with van der Waals surface area (Å²) in [5.41, 5.74) is 6.80. The number of aromatic nitrogens is 1. The molecule has 16 heavy (non-hydrogen) atoms. The van der Waals surface area contributed by atoms with E-state index in [0.29, 0.717) is 5.13 Å². The fraction of sp³-hybridized carbons (Fsp3) is 0.727. The molecular formula is C11H19N3OS. The molecule has 1 fully saturated rings. The highest BCUT2D eigenvalue weighted by Gasteiger charge is 2.26. The van der Waals surface area contributed by atoms with Gasteiger partial charge in [-0.05, 0) is 19.8 Å². The van der Waals surface area contributed by atoms with Crippen LogP contribution in [0.15, 0.2) is 5.38 Å². The first kappa shape index (κ1) is 11.8. The van der Waals surface area contributed by atoms with Gasteiger partial charge in [0.15, 0.2) is 5.13 Å². The Balaban J connectivity index is 1.74. The maximum Gasteiger partial charge on any atom is 0.180 e. The molecule has 5 heteroatoms. The van der Waals surface area contributed by atoms with Gasteiger partial charge in [-0.2, -0.15) is 0 Å². The molecule has 1 aromatic heterocycles. The monoisotopic (exact) mass is 241 g/mol. The molecule has 1 aromatic rings. The second kappa shape index (κ2) is 5.12. The highest BCUT2D eigenvalue weighted by Crippen LogP contribution is 2.18. The maximum atomic E-state index is 5.59. The van der Waals surface area contributed by atoms with E-state index in [1.54, 1.807) is 0 Å². The van der Waals surface area contributed by atoms with Gasteiger partial charge in [0.05, 0.1) is 12.3 Å². The predicted octanol–water partition coefficient (Wildman–Crippen LogP) is 1.43. The maximum absolute atomic E-state index is 5.59. The summed E-state index contributed by atoms with van der Waals surface area (Å²) in [5, 5.41) is 6.23. The number of ether oxygens (including phenoxy) is 1. The van der Waals surface area contributed by atoms with Gasteiger partial charge in [0, 0.05) is 30.5 Å². The molecule has 0 bridgehead atoms. The molecule has 90 valence electrons. The Morgan fingerprint density at radius 1 is 1.69 bits per heavy atom. The van der Waals surface area contributed by atoms with Crippen molar-refractivity contribution in [3.8, 4) is 0 Å². The second-order valence-corrected chi connectivity index (χ2v) is 5.46. The molecule has 0 spiro atoms. The van der Waals surface area contributed by atoms with E-state index in [9.17, 15) is 0 Å². The third-order valence-corrected chi connectivity index (χ3v) is 3.66. The van der Waals surface area contributed by atoms with Gasteiger partial charge in [-0.1, -0.05) is 0 Å². The Hall–Kier alpha value is -0.650. The molecular weight excluding hydrogens is 222 g/mol. The molecule has 1 aliphatic heterocycles. The highest BCUT2D eigenvalue weighted by atomic mass is 32.1. The molecule has 2 rings (SSSR count). The molecule has 0 saturated carbocycles. The number of rotatable bonds is 4. The number of hydrogen-bond donors (Lipinski definition) is 2. The summed E-state index contributed by atoms with van der Waals surface area (Å²) in [6, 6.07) is 0. The zero-order chi connectivity index (χ0) is 11.4. The Bertz CT molecular complexity index is 334. The van der Waals surface area contributed by atoms with E-state index in [0.717, 1.165) is 38.3 Å². The van der Waals surface area contributed by atoms with Crippen LogP contribution in [0.5, 0.6) is 0 Å². The summed E-state index contributed by atoms with van der Waals surface area (Å²) < 4.78 is 5.50. The van der Waals surface area contributed by atoms with Crippen LogP contribution in [0.1, 0.15) is 25.5 Å². The Kier molecular flexibility index (Phi) is 3.78. The summed E-state index contributed by atoms with van der Waals surface area (Å²) in [4.78, 5) is 4.24. The van der Waals surface area contributed by atoms with Gasteiger partial charge in [0.1, 0.15) is 0 Å². The van der Waals surface area contributed by atoms with Crippen molar-refractivity contribution in [2.45, 2.75) is 31.7 Å². The van der Waals surface area contributed by atoms with Crippen molar-refractivity contribution in [3.05, 3.63) is 11.1 Å². The van der Waals surface area contributed by atoms with Crippen molar-refractivity contribution in [1.82, 2.24) is 10.3 Å². The average Bonchev–Trinajstić information content (AvgIpc) is 2.65. The number of nitrogen functional groups attached to an aromatic ring is 1. The lowest BCUT2D eigenvalue weighted by Gasteiger charge is -2.34. The second-order valence-electron chi connectivity index (χ2n) is 4.57. The van der Waals surface area contributed by atoms with Gasteiger partial charge < -0.3 is 15.8 Å². The lowest BCUT2D eigenvalue weighted by molar-refractivity contribution is 0.0289. The van der Waals surface area contributed by atoms with E-state index in [2.05, 4.69) is 17.2 Å². The fourth-order valence-electron chi connectivity index (χ4n) is 2.00. The SMILES string of the molecule is CC1(NCCc2csc(N)n2)CCCOC1. The van der Waals surface area contributed by atoms with Gasteiger partial charge >= 0.3 is 0 Å². The van der Waals surface area contributed by atoms with Crippen LogP contribution in [0.4, 0.5) is 5.13 Å². The van der Waals surface area contributed by atoms with Crippen LogP contribution in [-0.2, 0) is 11.2 Å². The van der Waals surface area contributed by atoms with Crippen molar-refractivity contribution in [2.75, 3.05) is 25.5 Å². The average molecular weight is 241 g/mol. The van der Waals surface area contributed by atoms with E-state index >= 15 is 0 Å². The van der Waals surface area contributed by atoms with Gasteiger partial charge in [0.25, 0.3) is 0 Å². The molecule has 0 radical (unpaired) electrons. The summed E-state index contributed by atoms with van der Waals surface area (Å²) in [7, 11) is 0. The fourth-order valence-corrected chi connectivity index (χ4v) is 2.60. The molecule has 4 nitrogen and oxygen atoms in total. The van der Waals surface area contributed by atoms with Crippen LogP contribution in [0.25, 0.3) is 0 Å². The molecule has 1 aliphatic rings. The largest absolute Gasteiger partial charge is 0.380 e. The normalized spacial score (nSPS) is 25.8. The van der Waals surface area contributed by atoms with E-state index in [4.69, 9.17) is 10.5 Å². The zero-order valence-corrected chi connectivity index (χ0v) is 10.5. The summed E-state index contributed by atoms with van der Waals surface area (Å²) in [5.74, 6) is 0. The minimum Gasteiger partial charge on any atom is -0.380 e. The third-order valence-electron chi connectivity index (χ3n) is 2.94. The highest BCUT2D eigenvalue weighted by molar-refractivity contribution is 7.13. The van der Waals surface area contributed by atoms with E-state index in [1.165, 1.54) is 17.8 Å². The molecule has 0 aliphatic carbocycles. The quantitative estimate of drug-likeness (QED) is 0.837. The number of thiazole rings is 1. The summed E-state index contributed by atoms with van der Waals surface area (Å²) in [6.45, 7) is 4.87. The van der Waals surface area contributed by atoms with Gasteiger partial charge in [-0.15, -0.1) is 11.3 Å². The summed E-state index contributed by atoms with van der Waals surface area (Å²) in [6.07, 6.45) is 3.27. The Morgan fingerprint density at radius 2 is 2.56 bits per heavy atom. The van der Waals surface area contributed by atoms with Crippen molar-refractivity contribution in [1.29, 1.82) is 0 Å². The number of anilines is 1. The van der Waals surface area contributed by atoms with Crippen molar-refractivity contribution >= 4 is 16.5 Å². The van der Waals surface area contributed by atoms with E-state index in [-0.39, 0.29) is 5.54 Å². The Morgan fingerprint density at radius 3 is 3.19 bits per heavy atom. The molecule has 1 unspecified atom stereocenters. The summed E-state index contributed by atoms with van der Waals surface area (Å²) >= 11 is 1.50. The molecule has 2 heterocycles. The molecule has 1 saturated heterocycles. The first-order valence-corrected chi connectivity index (χ1v) is 6.59. The number of nitrogens with two attached hydrogens (primary N) is 1. The van der Waals surface area contributed by atoms with Gasteiger partial charge in [-0.3, -0.25) is 0 Å². The van der Waals surface area contributed by atoms with Crippen molar-refractivity contribution in [3.63, 3.8) is 0 Å². The van der Waals surface area contributed by atoms with Crippen LogP contribution < -0.4 is 11.1 Å². The van der Waals surface area contributed by atoms with Crippen LogP contribution >= 0.6 is 11.3 Å². The third kappa shape index (κ3) is 3.17. The minimum absolute atomic E-state index is 0.139. The molecule has 0 amide bonds. The lowest BCUT2D eigenvalue weighted by atomic mass is 9.95. The standard InChI is InChI=1S/C11H19N3OS/c1-11(4-2-6-15-8-11)13-5-3-9-7-16-10(12)14-9/h7,13H,2-6,8H2,1H3,(H2,12,14). The van der Waals surface area contributed by atoms with Crippen LogP contribution in [0, 0.1) is 0 Å². The number of nitrogens with zero attached hydrogens (tertiary/aromatic N) is 1. The van der Waals surface area contributed by atoms with Gasteiger partial charge in [0.2, 0.25) is 0 Å². The van der Waals surface area contributed by atoms with Crippen LogP contribution in [0.2, 0.25) is 0 Å². The first-order chi connectivity index (χ1) is 7.68. The molecule has 3 N–H and O–H groups in total. The number of nitrogens with one attached hydrogen (secondary N) is 1. The minimum atomic E-state index is 0.139. The van der Waals surface area contributed by atoms with Gasteiger partial charge in [-0.25, -0.2) is 4.98 Å². The first-order valence-electron chi connectivity index (χ1n) is 5.71. The van der Waals surface area contributed by atoms with E-state index < -0.39 is 0 Å². The smallest absolute Gasteiger partial charge is 0.180 e. The molecule has 0 aromatic carbocycles.